The molecule has 2 heterocycles. The lowest BCUT2D eigenvalue weighted by molar-refractivity contribution is -0.119. The van der Waals surface area contributed by atoms with Crippen molar-refractivity contribution >= 4 is 22.7 Å². The number of rotatable bonds is 5. The van der Waals surface area contributed by atoms with E-state index in [9.17, 15) is 9.59 Å². The van der Waals surface area contributed by atoms with Gasteiger partial charge in [0.1, 0.15) is 23.4 Å². The first-order valence-corrected chi connectivity index (χ1v) is 7.28. The highest BCUT2D eigenvalue weighted by Crippen LogP contribution is 2.29. The van der Waals surface area contributed by atoms with Gasteiger partial charge in [0.15, 0.2) is 0 Å². The van der Waals surface area contributed by atoms with Crippen LogP contribution < -0.4 is 20.5 Å². The van der Waals surface area contributed by atoms with Crippen molar-refractivity contribution in [1.29, 1.82) is 0 Å². The third kappa shape index (κ3) is 3.03. The van der Waals surface area contributed by atoms with Crippen molar-refractivity contribution in [2.24, 2.45) is 5.73 Å². The molecule has 0 aliphatic carbocycles. The number of fused-ring (bicyclic) bond motifs is 1. The minimum atomic E-state index is -0.601. The number of nitrogens with zero attached hydrogens (tertiary/aromatic N) is 1. The smallest absolute Gasteiger partial charge is 0.254 e. The number of primary amides is 1. The normalized spacial score (nSPS) is 17.1. The second kappa shape index (κ2) is 6.12. The summed E-state index contributed by atoms with van der Waals surface area (Å²) >= 11 is 0. The molecular formula is C16H17N3O4. The van der Waals surface area contributed by atoms with Crippen LogP contribution in [0.3, 0.4) is 0 Å². The van der Waals surface area contributed by atoms with E-state index in [-0.39, 0.29) is 23.4 Å². The minimum absolute atomic E-state index is 0.00421. The highest BCUT2D eigenvalue weighted by Gasteiger charge is 2.22. The number of nitrogens with two attached hydrogens (primary N) is 1. The maximum Gasteiger partial charge on any atom is 0.254 e. The van der Waals surface area contributed by atoms with Crippen LogP contribution in [0.15, 0.2) is 24.3 Å². The average Bonchev–Trinajstić information content (AvgIpc) is 2.96. The Hall–Kier alpha value is -2.83. The lowest BCUT2D eigenvalue weighted by atomic mass is 10.1. The van der Waals surface area contributed by atoms with E-state index in [1.165, 1.54) is 7.11 Å². The number of hydrogen-bond acceptors (Lipinski definition) is 5. The van der Waals surface area contributed by atoms with Gasteiger partial charge in [0, 0.05) is 11.8 Å². The number of nitrogens with one attached hydrogen (secondary N) is 1. The number of carbonyl (C=O) groups is 2. The average molecular weight is 315 g/mol. The number of carbonyl (C=O) groups excluding carboxylic acids is 2. The standard InChI is InChI=1S/C16H17N3O4/c1-22-16-11(15(17)21)7-9-3-2-4-12(14(9)19-16)23-8-10-5-6-13(20)18-10/h2-4,7,10H,5-6,8H2,1H3,(H2,17,21)(H,18,20). The van der Waals surface area contributed by atoms with Crippen LogP contribution in [0, 0.1) is 0 Å². The summed E-state index contributed by atoms with van der Waals surface area (Å²) in [5.41, 5.74) is 6.15. The molecule has 1 aliphatic heterocycles. The summed E-state index contributed by atoms with van der Waals surface area (Å²) in [6.07, 6.45) is 1.28. The van der Waals surface area contributed by atoms with Crippen molar-refractivity contribution < 1.29 is 19.1 Å². The summed E-state index contributed by atoms with van der Waals surface area (Å²) in [6, 6.07) is 7.05. The molecule has 3 rings (SSSR count). The van der Waals surface area contributed by atoms with Crippen molar-refractivity contribution in [1.82, 2.24) is 10.3 Å². The number of hydrogen-bond donors (Lipinski definition) is 2. The topological polar surface area (TPSA) is 104 Å². The molecule has 0 radical (unpaired) electrons. The van der Waals surface area contributed by atoms with Crippen LogP contribution in [0.4, 0.5) is 0 Å². The number of amides is 2. The molecule has 2 amide bonds. The van der Waals surface area contributed by atoms with E-state index in [2.05, 4.69) is 10.3 Å². The van der Waals surface area contributed by atoms with Gasteiger partial charge in [0.2, 0.25) is 11.8 Å². The summed E-state index contributed by atoms with van der Waals surface area (Å²) < 4.78 is 10.9. The molecule has 1 aromatic heterocycles. The van der Waals surface area contributed by atoms with Crippen molar-refractivity contribution in [2.75, 3.05) is 13.7 Å². The van der Waals surface area contributed by atoms with Gasteiger partial charge in [-0.05, 0) is 18.6 Å². The van der Waals surface area contributed by atoms with Crippen LogP contribution in [-0.4, -0.2) is 36.6 Å². The number of aromatic nitrogens is 1. The first kappa shape index (κ1) is 15.1. The maximum absolute atomic E-state index is 11.5. The van der Waals surface area contributed by atoms with E-state index in [1.807, 2.05) is 12.1 Å². The third-order valence-electron chi connectivity index (χ3n) is 3.76. The monoisotopic (exact) mass is 315 g/mol. The quantitative estimate of drug-likeness (QED) is 0.856. The molecule has 1 unspecified atom stereocenters. The fourth-order valence-corrected chi connectivity index (χ4v) is 2.60. The molecule has 7 nitrogen and oxygen atoms in total. The Morgan fingerprint density at radius 3 is 2.96 bits per heavy atom. The van der Waals surface area contributed by atoms with Crippen molar-refractivity contribution in [3.8, 4) is 11.6 Å². The van der Waals surface area contributed by atoms with E-state index in [0.29, 0.717) is 24.3 Å². The van der Waals surface area contributed by atoms with Crippen molar-refractivity contribution in [2.45, 2.75) is 18.9 Å². The van der Waals surface area contributed by atoms with E-state index in [0.717, 1.165) is 11.8 Å². The Morgan fingerprint density at radius 1 is 1.48 bits per heavy atom. The highest BCUT2D eigenvalue weighted by molar-refractivity contribution is 5.99. The van der Waals surface area contributed by atoms with Crippen molar-refractivity contribution in [3.63, 3.8) is 0 Å². The van der Waals surface area contributed by atoms with Gasteiger partial charge < -0.3 is 20.5 Å². The Kier molecular flexibility index (Phi) is 4.01. The summed E-state index contributed by atoms with van der Waals surface area (Å²) in [7, 11) is 1.43. The van der Waals surface area contributed by atoms with Crippen LogP contribution in [0.5, 0.6) is 11.6 Å². The minimum Gasteiger partial charge on any atom is -0.489 e. The zero-order chi connectivity index (χ0) is 16.4. The molecule has 3 N–H and O–H groups in total. The summed E-state index contributed by atoms with van der Waals surface area (Å²) in [4.78, 5) is 27.0. The van der Waals surface area contributed by atoms with Crippen LogP contribution in [-0.2, 0) is 4.79 Å². The number of ether oxygens (including phenoxy) is 2. The predicted molar refractivity (Wildman–Crippen MR) is 83.5 cm³/mol. The van der Waals surface area contributed by atoms with Crippen LogP contribution >= 0.6 is 0 Å². The molecule has 2 aromatic rings. The fraction of sp³-hybridized carbons (Fsp3) is 0.312. The second-order valence-corrected chi connectivity index (χ2v) is 5.35. The number of benzene rings is 1. The number of pyridine rings is 1. The van der Waals surface area contributed by atoms with Crippen LogP contribution in [0.1, 0.15) is 23.2 Å². The molecule has 23 heavy (non-hydrogen) atoms. The lowest BCUT2D eigenvalue weighted by Gasteiger charge is -2.14. The molecule has 1 saturated heterocycles. The maximum atomic E-state index is 11.5. The Morgan fingerprint density at radius 2 is 2.30 bits per heavy atom. The number of para-hydroxylation sites is 1. The molecule has 7 heteroatoms. The molecule has 0 saturated carbocycles. The van der Waals surface area contributed by atoms with Gasteiger partial charge in [-0.15, -0.1) is 0 Å². The molecule has 1 atom stereocenters. The fourth-order valence-electron chi connectivity index (χ4n) is 2.60. The number of methoxy groups -OCH3 is 1. The van der Waals surface area contributed by atoms with Crippen LogP contribution in [0.25, 0.3) is 10.9 Å². The molecular weight excluding hydrogens is 298 g/mol. The van der Waals surface area contributed by atoms with Gasteiger partial charge in [-0.2, -0.15) is 0 Å². The molecule has 1 aliphatic rings. The van der Waals surface area contributed by atoms with Gasteiger partial charge in [-0.25, -0.2) is 4.98 Å². The van der Waals surface area contributed by atoms with E-state index < -0.39 is 5.91 Å². The molecule has 1 fully saturated rings. The molecule has 0 bridgehead atoms. The zero-order valence-corrected chi connectivity index (χ0v) is 12.7. The summed E-state index contributed by atoms with van der Waals surface area (Å²) in [5.74, 6) is 0.173. The van der Waals surface area contributed by atoms with Gasteiger partial charge in [-0.1, -0.05) is 12.1 Å². The Balaban J connectivity index is 1.91. The summed E-state index contributed by atoms with van der Waals surface area (Å²) in [6.45, 7) is 0.367. The molecule has 1 aromatic carbocycles. The largest absolute Gasteiger partial charge is 0.489 e. The van der Waals surface area contributed by atoms with Gasteiger partial charge in [0.25, 0.3) is 5.91 Å². The van der Waals surface area contributed by atoms with Gasteiger partial charge in [-0.3, -0.25) is 9.59 Å². The highest BCUT2D eigenvalue weighted by atomic mass is 16.5. The lowest BCUT2D eigenvalue weighted by Crippen LogP contribution is -2.30. The van der Waals surface area contributed by atoms with E-state index >= 15 is 0 Å². The van der Waals surface area contributed by atoms with E-state index in [1.54, 1.807) is 12.1 Å². The van der Waals surface area contributed by atoms with Gasteiger partial charge in [0.05, 0.1) is 13.2 Å². The predicted octanol–water partition coefficient (Wildman–Crippen LogP) is 1.000. The summed E-state index contributed by atoms with van der Waals surface area (Å²) in [5, 5.41) is 3.58. The third-order valence-corrected chi connectivity index (χ3v) is 3.76. The SMILES string of the molecule is COc1nc2c(OCC3CCC(=O)N3)cccc2cc1C(N)=O. The molecule has 0 spiro atoms. The van der Waals surface area contributed by atoms with E-state index in [4.69, 9.17) is 15.2 Å². The van der Waals surface area contributed by atoms with Crippen LogP contribution in [0.2, 0.25) is 0 Å². The molecule has 120 valence electrons. The zero-order valence-electron chi connectivity index (χ0n) is 12.7. The Labute approximate surface area is 132 Å². The Bertz CT molecular complexity index is 775. The van der Waals surface area contributed by atoms with Gasteiger partial charge >= 0.3 is 0 Å². The van der Waals surface area contributed by atoms with Crippen molar-refractivity contribution in [3.05, 3.63) is 29.8 Å². The first-order chi connectivity index (χ1) is 11.1. The second-order valence-electron chi connectivity index (χ2n) is 5.35. The first-order valence-electron chi connectivity index (χ1n) is 7.28.